The Labute approximate surface area is 161 Å². The van der Waals surface area contributed by atoms with Crippen LogP contribution in [0, 0.1) is 0 Å². The number of benzene rings is 1. The highest BCUT2D eigenvalue weighted by molar-refractivity contribution is 7.89. The van der Waals surface area contributed by atoms with Gasteiger partial charge in [-0.3, -0.25) is 0 Å². The molecule has 0 radical (unpaired) electrons. The highest BCUT2D eigenvalue weighted by Crippen LogP contribution is 2.30. The standard InChI is InChI=1S/C18H24N4O2S.ClH/c1-21-10-9-20-18(21)17-13-19-8-11-22(17)25(23,24)16-7-6-14-4-2-3-5-15(14)12-16;/h6-7,9-10,12,17,19H,2-5,8,11,13H2,1H3;1H. The number of aromatic nitrogens is 2. The summed E-state index contributed by atoms with van der Waals surface area (Å²) in [5, 5.41) is 3.29. The highest BCUT2D eigenvalue weighted by Gasteiger charge is 2.36. The number of rotatable bonds is 3. The van der Waals surface area contributed by atoms with Crippen LogP contribution in [0.3, 0.4) is 0 Å². The number of halogens is 1. The largest absolute Gasteiger partial charge is 0.337 e. The van der Waals surface area contributed by atoms with E-state index in [-0.39, 0.29) is 18.4 Å². The fourth-order valence-corrected chi connectivity index (χ4v) is 5.53. The minimum atomic E-state index is -3.55. The van der Waals surface area contributed by atoms with E-state index >= 15 is 0 Å². The molecular formula is C18H25ClN4O2S. The quantitative estimate of drug-likeness (QED) is 0.862. The fourth-order valence-electron chi connectivity index (χ4n) is 3.90. The van der Waals surface area contributed by atoms with Crippen LogP contribution in [0.2, 0.25) is 0 Å². The number of nitrogens with zero attached hydrogens (tertiary/aromatic N) is 3. The van der Waals surface area contributed by atoms with Gasteiger partial charge in [0.1, 0.15) is 5.82 Å². The molecule has 1 N–H and O–H groups in total. The molecule has 8 heteroatoms. The summed E-state index contributed by atoms with van der Waals surface area (Å²) in [6, 6.07) is 5.38. The molecule has 0 spiro atoms. The van der Waals surface area contributed by atoms with Crippen LogP contribution in [0.1, 0.15) is 35.8 Å². The summed E-state index contributed by atoms with van der Waals surface area (Å²) in [6.45, 7) is 1.69. The van der Waals surface area contributed by atoms with Gasteiger partial charge < -0.3 is 9.88 Å². The normalized spacial score (nSPS) is 21.0. The van der Waals surface area contributed by atoms with E-state index in [2.05, 4.69) is 10.3 Å². The van der Waals surface area contributed by atoms with Crippen LogP contribution < -0.4 is 5.32 Å². The Morgan fingerprint density at radius 1 is 1.19 bits per heavy atom. The molecule has 1 saturated heterocycles. The number of nitrogens with one attached hydrogen (secondary N) is 1. The van der Waals surface area contributed by atoms with E-state index < -0.39 is 10.0 Å². The molecule has 6 nitrogen and oxygen atoms in total. The molecule has 1 aromatic carbocycles. The Morgan fingerprint density at radius 2 is 1.96 bits per heavy atom. The van der Waals surface area contributed by atoms with Gasteiger partial charge in [-0.05, 0) is 48.9 Å². The molecular weight excluding hydrogens is 372 g/mol. The maximum Gasteiger partial charge on any atom is 0.243 e. The zero-order valence-corrected chi connectivity index (χ0v) is 16.5. The Hall–Kier alpha value is -1.41. The zero-order chi connectivity index (χ0) is 17.4. The summed E-state index contributed by atoms with van der Waals surface area (Å²) in [5.74, 6) is 0.772. The van der Waals surface area contributed by atoms with Crippen molar-refractivity contribution in [2.24, 2.45) is 7.05 Å². The Bertz CT molecular complexity index is 881. The number of fused-ring (bicyclic) bond motifs is 1. The summed E-state index contributed by atoms with van der Waals surface area (Å²) in [4.78, 5) is 4.80. The van der Waals surface area contributed by atoms with E-state index in [1.165, 1.54) is 17.5 Å². The van der Waals surface area contributed by atoms with E-state index in [9.17, 15) is 8.42 Å². The summed E-state index contributed by atoms with van der Waals surface area (Å²) >= 11 is 0. The molecule has 0 saturated carbocycles. The molecule has 0 amide bonds. The lowest BCUT2D eigenvalue weighted by Gasteiger charge is -2.34. The fraction of sp³-hybridized carbons (Fsp3) is 0.500. The smallest absolute Gasteiger partial charge is 0.243 e. The molecule has 4 rings (SSSR count). The van der Waals surface area contributed by atoms with E-state index in [0.717, 1.165) is 25.1 Å². The van der Waals surface area contributed by atoms with Crippen molar-refractivity contribution in [1.29, 1.82) is 0 Å². The molecule has 2 aliphatic rings. The van der Waals surface area contributed by atoms with E-state index in [1.54, 1.807) is 16.6 Å². The van der Waals surface area contributed by atoms with Crippen molar-refractivity contribution < 1.29 is 8.42 Å². The lowest BCUT2D eigenvalue weighted by molar-refractivity contribution is 0.258. The molecule has 1 aromatic heterocycles. The second kappa shape index (κ2) is 7.68. The van der Waals surface area contributed by atoms with Crippen LogP contribution >= 0.6 is 12.4 Å². The Kier molecular flexibility index (Phi) is 5.72. The third kappa shape index (κ3) is 3.41. The molecule has 1 atom stereocenters. The summed E-state index contributed by atoms with van der Waals surface area (Å²) in [6.07, 6.45) is 7.93. The SMILES string of the molecule is Cl.Cn1ccnc1C1CNCCN1S(=O)(=O)c1ccc2c(c1)CCCC2. The molecule has 0 bridgehead atoms. The second-order valence-electron chi connectivity index (χ2n) is 6.87. The molecule has 1 aliphatic carbocycles. The highest BCUT2D eigenvalue weighted by atomic mass is 35.5. The van der Waals surface area contributed by atoms with Crippen molar-refractivity contribution in [3.8, 4) is 0 Å². The van der Waals surface area contributed by atoms with Crippen LogP contribution in [0.4, 0.5) is 0 Å². The number of sulfonamides is 1. The van der Waals surface area contributed by atoms with Crippen molar-refractivity contribution in [1.82, 2.24) is 19.2 Å². The van der Waals surface area contributed by atoms with Crippen molar-refractivity contribution in [3.05, 3.63) is 47.5 Å². The number of hydrogen-bond acceptors (Lipinski definition) is 4. The third-order valence-corrected chi connectivity index (χ3v) is 7.18. The molecule has 1 unspecified atom stereocenters. The lowest BCUT2D eigenvalue weighted by Crippen LogP contribution is -2.49. The van der Waals surface area contributed by atoms with Gasteiger partial charge in [-0.2, -0.15) is 4.31 Å². The first-order valence-electron chi connectivity index (χ1n) is 8.89. The molecule has 2 heterocycles. The lowest BCUT2D eigenvalue weighted by atomic mass is 9.92. The number of aryl methyl sites for hydroxylation is 3. The predicted octanol–water partition coefficient (Wildman–Crippen LogP) is 2.06. The average molecular weight is 397 g/mol. The van der Waals surface area contributed by atoms with E-state index in [0.29, 0.717) is 24.5 Å². The monoisotopic (exact) mass is 396 g/mol. The Morgan fingerprint density at radius 3 is 2.69 bits per heavy atom. The molecule has 142 valence electrons. The average Bonchev–Trinajstić information content (AvgIpc) is 3.07. The topological polar surface area (TPSA) is 67.2 Å². The molecule has 26 heavy (non-hydrogen) atoms. The summed E-state index contributed by atoms with van der Waals surface area (Å²) < 4.78 is 30.2. The zero-order valence-electron chi connectivity index (χ0n) is 14.9. The van der Waals surface area contributed by atoms with Crippen LogP contribution in [-0.2, 0) is 29.9 Å². The van der Waals surface area contributed by atoms with Gasteiger partial charge in [-0.15, -0.1) is 12.4 Å². The van der Waals surface area contributed by atoms with Crippen LogP contribution in [0.5, 0.6) is 0 Å². The molecule has 2 aromatic rings. The van der Waals surface area contributed by atoms with Gasteiger partial charge in [0.25, 0.3) is 0 Å². The van der Waals surface area contributed by atoms with Crippen molar-refractivity contribution >= 4 is 22.4 Å². The summed E-state index contributed by atoms with van der Waals surface area (Å²) in [7, 11) is -1.64. The molecule has 1 aliphatic heterocycles. The predicted molar refractivity (Wildman–Crippen MR) is 103 cm³/mol. The second-order valence-corrected chi connectivity index (χ2v) is 8.76. The first-order chi connectivity index (χ1) is 12.1. The van der Waals surface area contributed by atoms with Gasteiger partial charge in [0.05, 0.1) is 10.9 Å². The maximum atomic E-state index is 13.4. The van der Waals surface area contributed by atoms with E-state index in [4.69, 9.17) is 0 Å². The van der Waals surface area contributed by atoms with Gasteiger partial charge >= 0.3 is 0 Å². The van der Waals surface area contributed by atoms with Gasteiger partial charge in [0.2, 0.25) is 10.0 Å². The van der Waals surface area contributed by atoms with Crippen molar-refractivity contribution in [3.63, 3.8) is 0 Å². The van der Waals surface area contributed by atoms with Crippen molar-refractivity contribution in [2.75, 3.05) is 19.6 Å². The van der Waals surface area contributed by atoms with Gasteiger partial charge in [0.15, 0.2) is 0 Å². The van der Waals surface area contributed by atoms with Crippen molar-refractivity contribution in [2.45, 2.75) is 36.6 Å². The minimum absolute atomic E-state index is 0. The van der Waals surface area contributed by atoms with Crippen LogP contribution in [0.25, 0.3) is 0 Å². The minimum Gasteiger partial charge on any atom is -0.337 e. The number of imidazole rings is 1. The Balaban J connectivity index is 0.00000196. The molecule has 1 fully saturated rings. The first kappa shape index (κ1) is 19.4. The van der Waals surface area contributed by atoms with Gasteiger partial charge in [0, 0.05) is 39.1 Å². The number of hydrogen-bond donors (Lipinski definition) is 1. The van der Waals surface area contributed by atoms with E-state index in [1.807, 2.05) is 29.9 Å². The number of piperazine rings is 1. The first-order valence-corrected chi connectivity index (χ1v) is 10.3. The summed E-state index contributed by atoms with van der Waals surface area (Å²) in [5.41, 5.74) is 2.49. The van der Waals surface area contributed by atoms with Crippen LogP contribution in [-0.4, -0.2) is 41.9 Å². The maximum absolute atomic E-state index is 13.4. The van der Waals surface area contributed by atoms with Crippen LogP contribution in [0.15, 0.2) is 35.5 Å². The third-order valence-electron chi connectivity index (χ3n) is 5.28. The van der Waals surface area contributed by atoms with Gasteiger partial charge in [-0.25, -0.2) is 13.4 Å². The van der Waals surface area contributed by atoms with Gasteiger partial charge in [-0.1, -0.05) is 6.07 Å².